The number of H-pyrrole nitrogens is 1. The highest BCUT2D eigenvalue weighted by atomic mass is 79.9. The van der Waals surface area contributed by atoms with E-state index < -0.39 is 5.76 Å². The van der Waals surface area contributed by atoms with Gasteiger partial charge in [0.15, 0.2) is 5.58 Å². The number of anilines is 2. The van der Waals surface area contributed by atoms with E-state index in [9.17, 15) is 4.79 Å². The first kappa shape index (κ1) is 10.8. The zero-order valence-corrected chi connectivity index (χ0v) is 9.93. The van der Waals surface area contributed by atoms with Gasteiger partial charge in [-0.05, 0) is 6.07 Å². The van der Waals surface area contributed by atoms with Crippen molar-refractivity contribution in [1.29, 1.82) is 0 Å². The maximum absolute atomic E-state index is 11.0. The van der Waals surface area contributed by atoms with Crippen LogP contribution in [-0.4, -0.2) is 11.5 Å². The Hall–Kier alpha value is -1.69. The molecule has 5 nitrogen and oxygen atoms in total. The first-order chi connectivity index (χ1) is 7.56. The third kappa shape index (κ3) is 2.11. The Morgan fingerprint density at radius 2 is 2.38 bits per heavy atom. The van der Waals surface area contributed by atoms with Gasteiger partial charge in [0.05, 0.1) is 16.9 Å². The van der Waals surface area contributed by atoms with Gasteiger partial charge in [0, 0.05) is 17.1 Å². The van der Waals surface area contributed by atoms with Gasteiger partial charge in [-0.25, -0.2) is 4.79 Å². The van der Waals surface area contributed by atoms with Crippen LogP contribution in [0.15, 0.2) is 32.4 Å². The van der Waals surface area contributed by atoms with Crippen LogP contribution in [0.25, 0.3) is 11.1 Å². The van der Waals surface area contributed by atoms with Crippen LogP contribution in [0, 0.1) is 0 Å². The van der Waals surface area contributed by atoms with E-state index in [1.54, 1.807) is 12.1 Å². The molecule has 1 aromatic carbocycles. The Labute approximate surface area is 99.5 Å². The van der Waals surface area contributed by atoms with Crippen LogP contribution in [-0.2, 0) is 0 Å². The molecule has 84 valence electrons. The summed E-state index contributed by atoms with van der Waals surface area (Å²) in [5.41, 5.74) is 8.11. The van der Waals surface area contributed by atoms with Crippen molar-refractivity contribution in [3.05, 3.63) is 33.7 Å². The van der Waals surface area contributed by atoms with E-state index in [0.29, 0.717) is 23.3 Å². The lowest BCUT2D eigenvalue weighted by molar-refractivity contribution is 0.555. The third-order valence-corrected chi connectivity index (χ3v) is 2.34. The number of halogens is 1. The maximum atomic E-state index is 11.0. The van der Waals surface area contributed by atoms with Crippen molar-refractivity contribution >= 4 is 38.4 Å². The number of hydrogen-bond donors (Lipinski definition) is 3. The number of benzene rings is 1. The fourth-order valence-corrected chi connectivity index (χ4v) is 1.50. The third-order valence-electron chi connectivity index (χ3n) is 2.06. The lowest BCUT2D eigenvalue weighted by atomic mass is 10.2. The second kappa shape index (κ2) is 4.05. The SMILES string of the molecule is C=C(Br)CNc1cc2[nH]c(=O)oc2cc1N. The van der Waals surface area contributed by atoms with E-state index in [-0.39, 0.29) is 0 Å². The minimum Gasteiger partial charge on any atom is -0.408 e. The minimum atomic E-state index is -0.489. The van der Waals surface area contributed by atoms with Gasteiger partial charge in [-0.1, -0.05) is 22.5 Å². The van der Waals surface area contributed by atoms with Gasteiger partial charge in [-0.3, -0.25) is 4.98 Å². The molecule has 0 aliphatic carbocycles. The molecule has 0 saturated heterocycles. The number of oxazole rings is 1. The zero-order chi connectivity index (χ0) is 11.7. The highest BCUT2D eigenvalue weighted by Crippen LogP contribution is 2.24. The molecule has 0 unspecified atom stereocenters. The smallest absolute Gasteiger partial charge is 0.408 e. The molecule has 2 aromatic rings. The average molecular weight is 284 g/mol. The molecular formula is C10H10BrN3O2. The molecule has 0 atom stereocenters. The summed E-state index contributed by atoms with van der Waals surface area (Å²) in [5, 5.41) is 3.08. The summed E-state index contributed by atoms with van der Waals surface area (Å²) in [6.07, 6.45) is 0. The molecule has 2 rings (SSSR count). The van der Waals surface area contributed by atoms with Gasteiger partial charge in [0.2, 0.25) is 0 Å². The fourth-order valence-electron chi connectivity index (χ4n) is 1.36. The maximum Gasteiger partial charge on any atom is 0.417 e. The monoisotopic (exact) mass is 283 g/mol. The second-order valence-electron chi connectivity index (χ2n) is 3.32. The molecule has 0 amide bonds. The molecule has 6 heteroatoms. The molecule has 0 aliphatic heterocycles. The minimum absolute atomic E-state index is 0.450. The number of aromatic amines is 1. The fraction of sp³-hybridized carbons (Fsp3) is 0.100. The summed E-state index contributed by atoms with van der Waals surface area (Å²) in [6.45, 7) is 4.26. The van der Waals surface area contributed by atoms with Crippen molar-refractivity contribution in [3.63, 3.8) is 0 Å². The molecule has 16 heavy (non-hydrogen) atoms. The topological polar surface area (TPSA) is 84.0 Å². The number of fused-ring (bicyclic) bond motifs is 1. The van der Waals surface area contributed by atoms with Gasteiger partial charge < -0.3 is 15.5 Å². The Bertz CT molecular complexity index is 600. The van der Waals surface area contributed by atoms with Crippen LogP contribution in [0.4, 0.5) is 11.4 Å². The van der Waals surface area contributed by atoms with Crippen molar-refractivity contribution in [3.8, 4) is 0 Å². The Morgan fingerprint density at radius 3 is 3.06 bits per heavy atom. The number of hydrogen-bond acceptors (Lipinski definition) is 4. The standard InChI is InChI=1S/C10H10BrN3O2/c1-5(11)4-13-7-3-8-9(2-6(7)12)16-10(15)14-8/h2-3,13H,1,4,12H2,(H,14,15). The van der Waals surface area contributed by atoms with E-state index in [1.807, 2.05) is 0 Å². The lowest BCUT2D eigenvalue weighted by Crippen LogP contribution is -2.03. The van der Waals surface area contributed by atoms with E-state index in [2.05, 4.69) is 32.8 Å². The summed E-state index contributed by atoms with van der Waals surface area (Å²) < 4.78 is 5.70. The second-order valence-corrected chi connectivity index (χ2v) is 4.44. The van der Waals surface area contributed by atoms with Crippen LogP contribution in [0.5, 0.6) is 0 Å². The number of aromatic nitrogens is 1. The molecule has 0 aliphatic rings. The first-order valence-electron chi connectivity index (χ1n) is 4.56. The molecule has 1 heterocycles. The first-order valence-corrected chi connectivity index (χ1v) is 5.35. The van der Waals surface area contributed by atoms with Gasteiger partial charge in [0.25, 0.3) is 0 Å². The molecule has 0 saturated carbocycles. The van der Waals surface area contributed by atoms with Gasteiger partial charge in [-0.2, -0.15) is 0 Å². The molecular weight excluding hydrogens is 274 g/mol. The largest absolute Gasteiger partial charge is 0.417 e. The summed E-state index contributed by atoms with van der Waals surface area (Å²) in [7, 11) is 0. The van der Waals surface area contributed by atoms with Gasteiger partial charge in [0.1, 0.15) is 0 Å². The highest BCUT2D eigenvalue weighted by Gasteiger charge is 2.06. The van der Waals surface area contributed by atoms with Crippen LogP contribution >= 0.6 is 15.9 Å². The van der Waals surface area contributed by atoms with Crippen molar-refractivity contribution in [2.24, 2.45) is 0 Å². The molecule has 0 fully saturated rings. The van der Waals surface area contributed by atoms with Crippen molar-refractivity contribution in [1.82, 2.24) is 4.98 Å². The molecule has 0 spiro atoms. The highest BCUT2D eigenvalue weighted by molar-refractivity contribution is 9.11. The van der Waals surface area contributed by atoms with E-state index in [1.165, 1.54) is 0 Å². The van der Waals surface area contributed by atoms with Gasteiger partial charge >= 0.3 is 5.76 Å². The van der Waals surface area contributed by atoms with E-state index in [4.69, 9.17) is 10.2 Å². The van der Waals surface area contributed by atoms with Crippen molar-refractivity contribution < 1.29 is 4.42 Å². The van der Waals surface area contributed by atoms with Crippen molar-refractivity contribution in [2.75, 3.05) is 17.6 Å². The van der Waals surface area contributed by atoms with Crippen LogP contribution in [0.1, 0.15) is 0 Å². The summed E-state index contributed by atoms with van der Waals surface area (Å²) in [6, 6.07) is 3.33. The molecule has 1 aromatic heterocycles. The molecule has 0 bridgehead atoms. The van der Waals surface area contributed by atoms with Crippen LogP contribution in [0.3, 0.4) is 0 Å². The van der Waals surface area contributed by atoms with Crippen molar-refractivity contribution in [2.45, 2.75) is 0 Å². The Morgan fingerprint density at radius 1 is 1.62 bits per heavy atom. The van der Waals surface area contributed by atoms with Gasteiger partial charge in [-0.15, -0.1) is 0 Å². The normalized spacial score (nSPS) is 10.6. The Kier molecular flexibility index (Phi) is 2.74. The number of nitrogen functional groups attached to an aromatic ring is 1. The van der Waals surface area contributed by atoms with Crippen LogP contribution in [0.2, 0.25) is 0 Å². The number of nitrogens with one attached hydrogen (secondary N) is 2. The lowest BCUT2D eigenvalue weighted by Gasteiger charge is -2.07. The Balaban J connectivity index is 2.41. The summed E-state index contributed by atoms with van der Waals surface area (Å²) >= 11 is 3.24. The average Bonchev–Trinajstić information content (AvgIpc) is 2.53. The molecule has 4 N–H and O–H groups in total. The number of nitrogens with two attached hydrogens (primary N) is 1. The predicted octanol–water partition coefficient (Wildman–Crippen LogP) is 2.02. The zero-order valence-electron chi connectivity index (χ0n) is 8.34. The molecule has 0 radical (unpaired) electrons. The quantitative estimate of drug-likeness (QED) is 0.753. The number of rotatable bonds is 3. The summed E-state index contributed by atoms with van der Waals surface area (Å²) in [4.78, 5) is 13.5. The van der Waals surface area contributed by atoms with Crippen LogP contribution < -0.4 is 16.8 Å². The van der Waals surface area contributed by atoms with E-state index >= 15 is 0 Å². The summed E-state index contributed by atoms with van der Waals surface area (Å²) in [5.74, 6) is -0.489. The van der Waals surface area contributed by atoms with E-state index in [0.717, 1.165) is 10.2 Å². The predicted molar refractivity (Wildman–Crippen MR) is 67.8 cm³/mol.